The maximum absolute atomic E-state index is 13.1. The Morgan fingerprint density at radius 2 is 2.03 bits per heavy atom. The van der Waals surface area contributed by atoms with Crippen LogP contribution in [-0.4, -0.2) is 26.5 Å². The number of hydrogen-bond acceptors (Lipinski definition) is 8. The van der Waals surface area contributed by atoms with Gasteiger partial charge in [0.05, 0.1) is 16.7 Å². The molecule has 0 N–H and O–H groups in total. The predicted molar refractivity (Wildman–Crippen MR) is 117 cm³/mol. The van der Waals surface area contributed by atoms with Gasteiger partial charge >= 0.3 is 0 Å². The van der Waals surface area contributed by atoms with Crippen molar-refractivity contribution >= 4 is 34.3 Å². The summed E-state index contributed by atoms with van der Waals surface area (Å²) in [6.45, 7) is 4.19. The summed E-state index contributed by atoms with van der Waals surface area (Å²) in [7, 11) is 0. The van der Waals surface area contributed by atoms with Gasteiger partial charge in [-0.15, -0.1) is 6.58 Å². The molecule has 2 aromatic carbocycles. The molecule has 2 aromatic heterocycles. The average molecular weight is 455 g/mol. The van der Waals surface area contributed by atoms with Gasteiger partial charge in [-0.1, -0.05) is 46.7 Å². The van der Waals surface area contributed by atoms with Crippen LogP contribution >= 0.6 is 23.4 Å². The first-order chi connectivity index (χ1) is 15.1. The second kappa shape index (κ2) is 8.09. The lowest BCUT2D eigenvalue weighted by Crippen LogP contribution is -2.22. The standard InChI is InChI=1S/C21H15ClN4O4S/c1-2-6-26-20(27)14-8-16-17(29-11-28-16)9-15(14)23-21(26)31-10-18-24-19(25-30-18)12-4-3-5-13(22)7-12/h2-5,7-9H,1,6,10-11H2. The fourth-order valence-corrected chi connectivity index (χ4v) is 4.21. The van der Waals surface area contributed by atoms with E-state index in [0.29, 0.717) is 56.6 Å². The molecule has 0 aliphatic carbocycles. The SMILES string of the molecule is C=CCn1c(SCc2nc(-c3cccc(Cl)c3)no2)nc2cc3c(cc2c1=O)OCO3. The van der Waals surface area contributed by atoms with Crippen LogP contribution in [-0.2, 0) is 12.3 Å². The van der Waals surface area contributed by atoms with Crippen molar-refractivity contribution in [1.29, 1.82) is 0 Å². The van der Waals surface area contributed by atoms with Crippen molar-refractivity contribution in [1.82, 2.24) is 19.7 Å². The molecule has 1 aliphatic heterocycles. The molecule has 0 bridgehead atoms. The monoisotopic (exact) mass is 454 g/mol. The first-order valence-electron chi connectivity index (χ1n) is 9.29. The number of fused-ring (bicyclic) bond motifs is 2. The summed E-state index contributed by atoms with van der Waals surface area (Å²) in [6, 6.07) is 10.6. The lowest BCUT2D eigenvalue weighted by molar-refractivity contribution is 0.174. The summed E-state index contributed by atoms with van der Waals surface area (Å²) in [5, 5.41) is 5.57. The van der Waals surface area contributed by atoms with Crippen LogP contribution in [0, 0.1) is 0 Å². The Bertz CT molecular complexity index is 1370. The van der Waals surface area contributed by atoms with E-state index in [1.807, 2.05) is 12.1 Å². The van der Waals surface area contributed by atoms with Gasteiger partial charge in [0.2, 0.25) is 18.5 Å². The van der Waals surface area contributed by atoms with Gasteiger partial charge in [-0.3, -0.25) is 9.36 Å². The minimum atomic E-state index is -0.184. The third-order valence-corrected chi connectivity index (χ3v) is 5.80. The zero-order valence-corrected chi connectivity index (χ0v) is 17.7. The van der Waals surface area contributed by atoms with E-state index in [1.54, 1.807) is 34.9 Å². The van der Waals surface area contributed by atoms with Gasteiger partial charge in [-0.05, 0) is 18.2 Å². The Morgan fingerprint density at radius 3 is 2.84 bits per heavy atom. The highest BCUT2D eigenvalue weighted by Crippen LogP contribution is 2.35. The molecule has 0 radical (unpaired) electrons. The summed E-state index contributed by atoms with van der Waals surface area (Å²) in [5.41, 5.74) is 1.11. The maximum Gasteiger partial charge on any atom is 0.262 e. The molecular weight excluding hydrogens is 440 g/mol. The normalized spacial score (nSPS) is 12.4. The number of rotatable bonds is 6. The molecule has 0 unspecified atom stereocenters. The third-order valence-electron chi connectivity index (χ3n) is 4.60. The number of aromatic nitrogens is 4. The van der Waals surface area contributed by atoms with Gasteiger partial charge in [-0.25, -0.2) is 4.98 Å². The van der Waals surface area contributed by atoms with E-state index in [9.17, 15) is 4.79 Å². The Balaban J connectivity index is 1.46. The van der Waals surface area contributed by atoms with Crippen molar-refractivity contribution in [2.24, 2.45) is 0 Å². The van der Waals surface area contributed by atoms with E-state index in [-0.39, 0.29) is 12.4 Å². The summed E-state index contributed by atoms with van der Waals surface area (Å²) in [5.74, 6) is 2.30. The van der Waals surface area contributed by atoms with Gasteiger partial charge in [0, 0.05) is 23.2 Å². The number of halogens is 1. The van der Waals surface area contributed by atoms with Gasteiger partial charge in [0.25, 0.3) is 5.56 Å². The van der Waals surface area contributed by atoms with Gasteiger partial charge in [-0.2, -0.15) is 4.98 Å². The van der Waals surface area contributed by atoms with Crippen molar-refractivity contribution in [3.63, 3.8) is 0 Å². The second-order valence-corrected chi connectivity index (χ2v) is 8.01. The minimum Gasteiger partial charge on any atom is -0.454 e. The molecule has 0 spiro atoms. The van der Waals surface area contributed by atoms with Crippen LogP contribution in [0.25, 0.3) is 22.3 Å². The number of hydrogen-bond donors (Lipinski definition) is 0. The second-order valence-electron chi connectivity index (χ2n) is 6.63. The van der Waals surface area contributed by atoms with Crippen LogP contribution in [0.1, 0.15) is 5.89 Å². The summed E-state index contributed by atoms with van der Waals surface area (Å²) < 4.78 is 17.7. The summed E-state index contributed by atoms with van der Waals surface area (Å²) in [4.78, 5) is 22.1. The molecule has 5 rings (SSSR count). The molecule has 156 valence electrons. The van der Waals surface area contributed by atoms with Crippen LogP contribution in [0.5, 0.6) is 11.5 Å². The minimum absolute atomic E-state index is 0.125. The highest BCUT2D eigenvalue weighted by molar-refractivity contribution is 7.98. The fraction of sp³-hybridized carbons (Fsp3) is 0.143. The molecule has 3 heterocycles. The Morgan fingerprint density at radius 1 is 1.19 bits per heavy atom. The Kier molecular flexibility index (Phi) is 5.13. The Labute approximate surface area is 185 Å². The first-order valence-corrected chi connectivity index (χ1v) is 10.6. The zero-order chi connectivity index (χ0) is 21.4. The molecule has 8 nitrogen and oxygen atoms in total. The van der Waals surface area contributed by atoms with Crippen LogP contribution in [0.4, 0.5) is 0 Å². The van der Waals surface area contributed by atoms with Crippen molar-refractivity contribution in [3.8, 4) is 22.9 Å². The lowest BCUT2D eigenvalue weighted by atomic mass is 10.2. The van der Waals surface area contributed by atoms with E-state index >= 15 is 0 Å². The van der Waals surface area contributed by atoms with Crippen LogP contribution in [0.3, 0.4) is 0 Å². The fourth-order valence-electron chi connectivity index (χ4n) is 3.18. The third kappa shape index (κ3) is 3.77. The predicted octanol–water partition coefficient (Wildman–Crippen LogP) is 4.31. The molecule has 4 aromatic rings. The van der Waals surface area contributed by atoms with E-state index in [0.717, 1.165) is 5.56 Å². The summed E-state index contributed by atoms with van der Waals surface area (Å²) in [6.07, 6.45) is 1.65. The zero-order valence-electron chi connectivity index (χ0n) is 16.1. The van der Waals surface area contributed by atoms with Crippen molar-refractivity contribution in [2.45, 2.75) is 17.5 Å². The number of benzene rings is 2. The summed E-state index contributed by atoms with van der Waals surface area (Å²) >= 11 is 7.36. The number of nitrogens with zero attached hydrogens (tertiary/aromatic N) is 4. The van der Waals surface area contributed by atoms with Gasteiger partial charge in [0.15, 0.2) is 16.7 Å². The van der Waals surface area contributed by atoms with Crippen molar-refractivity contribution < 1.29 is 14.0 Å². The van der Waals surface area contributed by atoms with Gasteiger partial charge in [0.1, 0.15) is 0 Å². The van der Waals surface area contributed by atoms with Crippen LogP contribution < -0.4 is 15.0 Å². The number of thioether (sulfide) groups is 1. The van der Waals surface area contributed by atoms with E-state index in [4.69, 9.17) is 25.6 Å². The molecule has 1 aliphatic rings. The molecule has 10 heteroatoms. The molecule has 0 atom stereocenters. The topological polar surface area (TPSA) is 92.3 Å². The molecule has 0 amide bonds. The van der Waals surface area contributed by atoms with Crippen LogP contribution in [0.15, 0.2) is 63.5 Å². The van der Waals surface area contributed by atoms with Crippen molar-refractivity contribution in [3.05, 3.63) is 70.3 Å². The van der Waals surface area contributed by atoms with E-state index < -0.39 is 0 Å². The van der Waals surface area contributed by atoms with Crippen molar-refractivity contribution in [2.75, 3.05) is 6.79 Å². The first kappa shape index (κ1) is 19.7. The quantitative estimate of drug-likeness (QED) is 0.242. The van der Waals surface area contributed by atoms with Gasteiger partial charge < -0.3 is 14.0 Å². The molecule has 0 saturated carbocycles. The lowest BCUT2D eigenvalue weighted by Gasteiger charge is -2.11. The van der Waals surface area contributed by atoms with E-state index in [1.165, 1.54) is 11.8 Å². The average Bonchev–Trinajstić information content (AvgIpc) is 3.42. The van der Waals surface area contributed by atoms with Crippen LogP contribution in [0.2, 0.25) is 5.02 Å². The molecule has 0 fully saturated rings. The smallest absolute Gasteiger partial charge is 0.262 e. The largest absolute Gasteiger partial charge is 0.454 e. The van der Waals surface area contributed by atoms with E-state index in [2.05, 4.69) is 21.7 Å². The number of allylic oxidation sites excluding steroid dienone is 1. The maximum atomic E-state index is 13.1. The molecular formula is C21H15ClN4O4S. The molecule has 0 saturated heterocycles. The molecule has 31 heavy (non-hydrogen) atoms. The highest BCUT2D eigenvalue weighted by atomic mass is 35.5. The number of ether oxygens (including phenoxy) is 2. The Hall–Kier alpha value is -3.30. The highest BCUT2D eigenvalue weighted by Gasteiger charge is 2.19.